The van der Waals surface area contributed by atoms with E-state index in [1.165, 1.54) is 25.0 Å². The highest BCUT2D eigenvalue weighted by molar-refractivity contribution is 7.89. The summed E-state index contributed by atoms with van der Waals surface area (Å²) in [6, 6.07) is 6.37. The maximum atomic E-state index is 11.1. The quantitative estimate of drug-likeness (QED) is 0.729. The predicted octanol–water partition coefficient (Wildman–Crippen LogP) is 1.17. The minimum Gasteiger partial charge on any atom is -0.383 e. The molecule has 1 aliphatic carbocycles. The second-order valence-electron chi connectivity index (χ2n) is 4.51. The number of nitrogens with one attached hydrogen (secondary N) is 1. The highest BCUT2D eigenvalue weighted by atomic mass is 32.2. The number of ether oxygens (including phenoxy) is 1. The largest absolute Gasteiger partial charge is 0.383 e. The lowest BCUT2D eigenvalue weighted by atomic mass is 10.3. The molecule has 1 aliphatic rings. The number of primary sulfonamides is 1. The average molecular weight is 270 g/mol. The van der Waals surface area contributed by atoms with Crippen molar-refractivity contribution in [1.82, 2.24) is 0 Å². The second kappa shape index (κ2) is 5.69. The summed E-state index contributed by atoms with van der Waals surface area (Å²) < 4.78 is 27.6. The van der Waals surface area contributed by atoms with Crippen molar-refractivity contribution in [1.29, 1.82) is 0 Å². The Balaban J connectivity index is 1.72. The predicted molar refractivity (Wildman–Crippen MR) is 69.8 cm³/mol. The first-order chi connectivity index (χ1) is 8.55. The Hall–Kier alpha value is -1.11. The first kappa shape index (κ1) is 13.3. The van der Waals surface area contributed by atoms with E-state index >= 15 is 0 Å². The average Bonchev–Trinajstić information content (AvgIpc) is 3.12. The van der Waals surface area contributed by atoms with Crippen molar-refractivity contribution in [3.05, 3.63) is 24.3 Å². The minimum absolute atomic E-state index is 0.123. The van der Waals surface area contributed by atoms with Crippen LogP contribution in [-0.4, -0.2) is 28.2 Å². The Morgan fingerprint density at radius 1 is 1.28 bits per heavy atom. The maximum Gasteiger partial charge on any atom is 0.238 e. The Morgan fingerprint density at radius 2 is 1.94 bits per heavy atom. The summed E-state index contributed by atoms with van der Waals surface area (Å²) in [4.78, 5) is 0.123. The van der Waals surface area contributed by atoms with Crippen LogP contribution in [0.15, 0.2) is 29.2 Å². The van der Waals surface area contributed by atoms with Crippen LogP contribution < -0.4 is 10.5 Å². The molecular formula is C12H18N2O3S. The smallest absolute Gasteiger partial charge is 0.238 e. The van der Waals surface area contributed by atoms with Gasteiger partial charge in [0.2, 0.25) is 10.0 Å². The molecule has 1 aromatic carbocycles. The topological polar surface area (TPSA) is 81.4 Å². The van der Waals surface area contributed by atoms with Gasteiger partial charge in [-0.05, 0) is 43.0 Å². The molecule has 1 saturated carbocycles. The van der Waals surface area contributed by atoms with E-state index in [0.29, 0.717) is 13.2 Å². The summed E-state index contributed by atoms with van der Waals surface area (Å²) in [5.74, 6) is 0.777. The van der Waals surface area contributed by atoms with Crippen LogP contribution in [0.5, 0.6) is 0 Å². The summed E-state index contributed by atoms with van der Waals surface area (Å²) in [6.07, 6.45) is 2.59. The number of nitrogens with two attached hydrogens (primary N) is 1. The van der Waals surface area contributed by atoms with E-state index in [1.54, 1.807) is 12.1 Å². The lowest BCUT2D eigenvalue weighted by Crippen LogP contribution is -2.13. The van der Waals surface area contributed by atoms with Gasteiger partial charge in [-0.1, -0.05) is 0 Å². The highest BCUT2D eigenvalue weighted by Gasteiger charge is 2.20. The Kier molecular flexibility index (Phi) is 4.21. The number of anilines is 1. The van der Waals surface area contributed by atoms with E-state index in [-0.39, 0.29) is 4.90 Å². The lowest BCUT2D eigenvalue weighted by molar-refractivity contribution is 0.134. The van der Waals surface area contributed by atoms with Crippen molar-refractivity contribution in [3.63, 3.8) is 0 Å². The van der Waals surface area contributed by atoms with E-state index < -0.39 is 10.0 Å². The molecule has 1 aromatic rings. The van der Waals surface area contributed by atoms with Gasteiger partial charge in [-0.3, -0.25) is 0 Å². The normalized spacial score (nSPS) is 15.6. The van der Waals surface area contributed by atoms with Crippen LogP contribution in [0.3, 0.4) is 0 Å². The van der Waals surface area contributed by atoms with Gasteiger partial charge in [0.25, 0.3) is 0 Å². The molecule has 0 bridgehead atoms. The molecule has 2 rings (SSSR count). The van der Waals surface area contributed by atoms with Gasteiger partial charge in [0.1, 0.15) is 0 Å². The van der Waals surface area contributed by atoms with Gasteiger partial charge in [0.05, 0.1) is 11.5 Å². The molecule has 0 spiro atoms. The first-order valence-electron chi connectivity index (χ1n) is 6.00. The SMILES string of the molecule is NS(=O)(=O)c1ccc(NCCOCC2CC2)cc1. The summed E-state index contributed by atoms with van der Waals surface area (Å²) in [6.45, 7) is 2.22. The molecular weight excluding hydrogens is 252 g/mol. The molecule has 0 aliphatic heterocycles. The fourth-order valence-corrected chi connectivity index (χ4v) is 2.08. The van der Waals surface area contributed by atoms with Gasteiger partial charge in [0, 0.05) is 18.8 Å². The second-order valence-corrected chi connectivity index (χ2v) is 6.08. The van der Waals surface area contributed by atoms with Gasteiger partial charge >= 0.3 is 0 Å². The minimum atomic E-state index is -3.60. The van der Waals surface area contributed by atoms with E-state index in [4.69, 9.17) is 9.88 Å². The molecule has 3 N–H and O–H groups in total. The van der Waals surface area contributed by atoms with Crippen LogP contribution in [0.1, 0.15) is 12.8 Å². The van der Waals surface area contributed by atoms with Crippen LogP contribution in [0, 0.1) is 5.92 Å². The van der Waals surface area contributed by atoms with Crippen molar-refractivity contribution in [2.45, 2.75) is 17.7 Å². The van der Waals surface area contributed by atoms with Crippen LogP contribution >= 0.6 is 0 Å². The standard InChI is InChI=1S/C12H18N2O3S/c13-18(15,16)12-5-3-11(4-6-12)14-7-8-17-9-10-1-2-10/h3-6,10,14H,1-2,7-9H2,(H2,13,15,16). The number of rotatable bonds is 7. The molecule has 0 heterocycles. The molecule has 5 nitrogen and oxygen atoms in total. The van der Waals surface area contributed by atoms with Crippen LogP contribution in [0.2, 0.25) is 0 Å². The van der Waals surface area contributed by atoms with Crippen molar-refractivity contribution >= 4 is 15.7 Å². The monoisotopic (exact) mass is 270 g/mol. The zero-order valence-electron chi connectivity index (χ0n) is 10.1. The van der Waals surface area contributed by atoms with Gasteiger partial charge in [0.15, 0.2) is 0 Å². The fourth-order valence-electron chi connectivity index (χ4n) is 1.56. The zero-order valence-corrected chi connectivity index (χ0v) is 10.9. The number of sulfonamides is 1. The summed E-state index contributed by atoms with van der Waals surface area (Å²) in [7, 11) is -3.60. The van der Waals surface area contributed by atoms with E-state index in [1.807, 2.05) is 0 Å². The maximum absolute atomic E-state index is 11.1. The molecule has 0 amide bonds. The third-order valence-corrected chi connectivity index (χ3v) is 3.74. The van der Waals surface area contributed by atoms with E-state index in [9.17, 15) is 8.42 Å². The molecule has 0 unspecified atom stereocenters. The summed E-state index contributed by atoms with van der Waals surface area (Å²) in [5.41, 5.74) is 0.859. The van der Waals surface area contributed by atoms with E-state index in [2.05, 4.69) is 5.32 Å². The van der Waals surface area contributed by atoms with E-state index in [0.717, 1.165) is 18.2 Å². The Morgan fingerprint density at radius 3 is 2.50 bits per heavy atom. The molecule has 100 valence electrons. The Labute approximate surface area is 107 Å². The zero-order chi connectivity index (χ0) is 13.0. The van der Waals surface area contributed by atoms with Crippen LogP contribution in [-0.2, 0) is 14.8 Å². The van der Waals surface area contributed by atoms with Crippen molar-refractivity contribution < 1.29 is 13.2 Å². The third-order valence-electron chi connectivity index (χ3n) is 2.81. The molecule has 18 heavy (non-hydrogen) atoms. The number of hydrogen-bond acceptors (Lipinski definition) is 4. The molecule has 0 radical (unpaired) electrons. The molecule has 0 atom stereocenters. The van der Waals surface area contributed by atoms with Crippen LogP contribution in [0.25, 0.3) is 0 Å². The fraction of sp³-hybridized carbons (Fsp3) is 0.500. The van der Waals surface area contributed by atoms with Gasteiger partial charge < -0.3 is 10.1 Å². The van der Waals surface area contributed by atoms with Gasteiger partial charge in [-0.25, -0.2) is 13.6 Å². The molecule has 0 saturated heterocycles. The van der Waals surface area contributed by atoms with Crippen LogP contribution in [0.4, 0.5) is 5.69 Å². The lowest BCUT2D eigenvalue weighted by Gasteiger charge is -2.07. The van der Waals surface area contributed by atoms with Gasteiger partial charge in [-0.2, -0.15) is 0 Å². The summed E-state index contributed by atoms with van der Waals surface area (Å²) >= 11 is 0. The van der Waals surface area contributed by atoms with Crippen molar-refractivity contribution in [3.8, 4) is 0 Å². The molecule has 1 fully saturated rings. The first-order valence-corrected chi connectivity index (χ1v) is 7.55. The van der Waals surface area contributed by atoms with Crippen molar-refractivity contribution in [2.75, 3.05) is 25.1 Å². The third kappa shape index (κ3) is 4.29. The summed E-state index contributed by atoms with van der Waals surface area (Å²) in [5, 5.41) is 8.17. The number of hydrogen-bond donors (Lipinski definition) is 2. The number of benzene rings is 1. The highest BCUT2D eigenvalue weighted by Crippen LogP contribution is 2.28. The Bertz CT molecular complexity index is 481. The molecule has 0 aromatic heterocycles. The van der Waals surface area contributed by atoms with Gasteiger partial charge in [-0.15, -0.1) is 0 Å². The van der Waals surface area contributed by atoms with Crippen molar-refractivity contribution in [2.24, 2.45) is 11.1 Å². The molecule has 6 heteroatoms.